The number of hydrogen-bond donors (Lipinski definition) is 1. The quantitative estimate of drug-likeness (QED) is 0.570. The number of carbonyl (C=O) groups excluding carboxylic acids is 1. The molecule has 34 heavy (non-hydrogen) atoms. The highest BCUT2D eigenvalue weighted by Gasteiger charge is 2.27. The first kappa shape index (κ1) is 23.5. The van der Waals surface area contributed by atoms with Gasteiger partial charge < -0.3 is 19.3 Å². The molecule has 0 saturated carbocycles. The average Bonchev–Trinajstić information content (AvgIpc) is 3.24. The minimum atomic E-state index is -0.00467. The van der Waals surface area contributed by atoms with Gasteiger partial charge in [0.15, 0.2) is 17.3 Å². The summed E-state index contributed by atoms with van der Waals surface area (Å²) in [4.78, 5) is 21.5. The molecule has 1 aliphatic heterocycles. The molecule has 0 aliphatic carbocycles. The van der Waals surface area contributed by atoms with Crippen molar-refractivity contribution >= 4 is 11.6 Å². The van der Waals surface area contributed by atoms with E-state index >= 15 is 0 Å². The molecule has 8 nitrogen and oxygen atoms in total. The van der Waals surface area contributed by atoms with Gasteiger partial charge in [0.1, 0.15) is 0 Å². The van der Waals surface area contributed by atoms with Crippen molar-refractivity contribution in [1.29, 1.82) is 0 Å². The van der Waals surface area contributed by atoms with Crippen molar-refractivity contribution in [2.24, 2.45) is 10.9 Å². The van der Waals surface area contributed by atoms with Crippen LogP contribution in [-0.2, 0) is 11.2 Å². The minimum Gasteiger partial charge on any atom is -0.493 e. The molecule has 178 valence electrons. The number of benzene rings is 2. The van der Waals surface area contributed by atoms with E-state index in [9.17, 15) is 4.79 Å². The van der Waals surface area contributed by atoms with Crippen LogP contribution >= 0.6 is 0 Å². The first-order chi connectivity index (χ1) is 16.4. The molecule has 0 radical (unpaired) electrons. The third kappa shape index (κ3) is 4.81. The Bertz CT molecular complexity index is 1200. The van der Waals surface area contributed by atoms with Crippen molar-refractivity contribution in [3.63, 3.8) is 0 Å². The molecule has 2 heterocycles. The summed E-state index contributed by atoms with van der Waals surface area (Å²) in [5.41, 5.74) is 4.83. The maximum absolute atomic E-state index is 11.9. The van der Waals surface area contributed by atoms with E-state index < -0.39 is 0 Å². The van der Waals surface area contributed by atoms with Gasteiger partial charge in [-0.3, -0.25) is 9.79 Å². The number of aryl methyl sites for hydroxylation is 1. The molecular weight excluding hydrogens is 432 g/mol. The smallest absolute Gasteiger partial charge is 0.257 e. The maximum Gasteiger partial charge on any atom is 0.257 e. The average molecular weight is 463 g/mol. The fourth-order valence-corrected chi connectivity index (χ4v) is 4.32. The number of carbonyl (C=O) groups is 1. The van der Waals surface area contributed by atoms with Crippen LogP contribution in [0.2, 0.25) is 0 Å². The van der Waals surface area contributed by atoms with Crippen LogP contribution in [0.15, 0.2) is 45.9 Å². The summed E-state index contributed by atoms with van der Waals surface area (Å²) < 4.78 is 16.5. The summed E-state index contributed by atoms with van der Waals surface area (Å²) in [6.07, 6.45) is 1.92. The highest BCUT2D eigenvalue weighted by Crippen LogP contribution is 2.36. The minimum absolute atomic E-state index is 0.00467. The fraction of sp³-hybridized carbons (Fsp3) is 0.385. The zero-order chi connectivity index (χ0) is 24.2. The van der Waals surface area contributed by atoms with Crippen LogP contribution in [0.3, 0.4) is 0 Å². The van der Waals surface area contributed by atoms with Crippen LogP contribution in [0.1, 0.15) is 42.3 Å². The number of aromatic nitrogens is 2. The number of rotatable bonds is 7. The van der Waals surface area contributed by atoms with Gasteiger partial charge in [0.05, 0.1) is 26.0 Å². The zero-order valence-electron chi connectivity index (χ0n) is 20.2. The second-order valence-corrected chi connectivity index (χ2v) is 8.53. The molecule has 0 bridgehead atoms. The number of amides is 1. The van der Waals surface area contributed by atoms with Crippen molar-refractivity contribution in [3.05, 3.63) is 58.9 Å². The number of nitrogens with one attached hydrogen (secondary N) is 1. The Balaban J connectivity index is 1.79. The standard InChI is InChI=1S/C26H30N4O4/c1-15-12-19-13-22(32-4)23(33-5)14-20(19)25(29-21(15)10-11-24(31)27-3)17-6-8-18(9-7-17)26-28-16(2)30-34-26/h6-9,13-15,21H,10-12H2,1-5H3,(H,27,31). The first-order valence-electron chi connectivity index (χ1n) is 11.4. The highest BCUT2D eigenvalue weighted by molar-refractivity contribution is 6.14. The zero-order valence-corrected chi connectivity index (χ0v) is 20.2. The van der Waals surface area contributed by atoms with E-state index in [1.54, 1.807) is 28.2 Å². The summed E-state index contributed by atoms with van der Waals surface area (Å²) in [6.45, 7) is 3.97. The fourth-order valence-electron chi connectivity index (χ4n) is 4.32. The van der Waals surface area contributed by atoms with Gasteiger partial charge in [0.2, 0.25) is 5.91 Å². The Labute approximate surface area is 199 Å². The molecule has 1 N–H and O–H groups in total. The van der Waals surface area contributed by atoms with Crippen LogP contribution in [0, 0.1) is 12.8 Å². The number of fused-ring (bicyclic) bond motifs is 1. The summed E-state index contributed by atoms with van der Waals surface area (Å²) in [5.74, 6) is 2.70. The molecule has 8 heteroatoms. The van der Waals surface area contributed by atoms with Crippen molar-refractivity contribution in [1.82, 2.24) is 15.5 Å². The van der Waals surface area contributed by atoms with Gasteiger partial charge >= 0.3 is 0 Å². The molecule has 1 amide bonds. The van der Waals surface area contributed by atoms with E-state index in [-0.39, 0.29) is 17.9 Å². The monoisotopic (exact) mass is 462 g/mol. The van der Waals surface area contributed by atoms with Gasteiger partial charge in [0, 0.05) is 30.2 Å². The third-order valence-electron chi connectivity index (χ3n) is 6.24. The molecular formula is C26H30N4O4. The summed E-state index contributed by atoms with van der Waals surface area (Å²) in [7, 11) is 4.94. The lowest BCUT2D eigenvalue weighted by Gasteiger charge is -2.19. The van der Waals surface area contributed by atoms with Crippen molar-refractivity contribution < 1.29 is 18.8 Å². The Morgan fingerprint density at radius 3 is 2.41 bits per heavy atom. The lowest BCUT2D eigenvalue weighted by atomic mass is 9.89. The molecule has 0 spiro atoms. The summed E-state index contributed by atoms with van der Waals surface area (Å²) in [5, 5.41) is 6.58. The molecule has 3 aromatic rings. The molecule has 4 rings (SSSR count). The molecule has 2 aromatic carbocycles. The van der Waals surface area contributed by atoms with Crippen LogP contribution in [0.5, 0.6) is 11.5 Å². The van der Waals surface area contributed by atoms with Gasteiger partial charge in [-0.25, -0.2) is 0 Å². The molecule has 1 aromatic heterocycles. The van der Waals surface area contributed by atoms with Gasteiger partial charge in [0.25, 0.3) is 5.89 Å². The van der Waals surface area contributed by atoms with Gasteiger partial charge in [-0.05, 0) is 55.5 Å². The predicted octanol–water partition coefficient (Wildman–Crippen LogP) is 3.99. The van der Waals surface area contributed by atoms with Crippen LogP contribution in [-0.4, -0.2) is 49.1 Å². The van der Waals surface area contributed by atoms with Crippen LogP contribution in [0.4, 0.5) is 0 Å². The topological polar surface area (TPSA) is 98.8 Å². The van der Waals surface area contributed by atoms with E-state index in [4.69, 9.17) is 19.0 Å². The van der Waals surface area contributed by atoms with Crippen molar-refractivity contribution in [2.45, 2.75) is 39.2 Å². The van der Waals surface area contributed by atoms with E-state index in [1.165, 1.54) is 0 Å². The summed E-state index contributed by atoms with van der Waals surface area (Å²) >= 11 is 0. The SMILES string of the molecule is CNC(=O)CCC1N=C(c2ccc(-c3nc(C)no3)cc2)c2cc(OC)c(OC)cc2CC1C. The van der Waals surface area contributed by atoms with Gasteiger partial charge in [-0.2, -0.15) is 4.98 Å². The Hall–Kier alpha value is -3.68. The van der Waals surface area contributed by atoms with Crippen molar-refractivity contribution in [3.8, 4) is 23.0 Å². The Morgan fingerprint density at radius 1 is 1.12 bits per heavy atom. The number of aliphatic imine (C=N–C) groups is 1. The van der Waals surface area contributed by atoms with E-state index in [2.05, 4.69) is 22.4 Å². The highest BCUT2D eigenvalue weighted by atomic mass is 16.5. The Kier molecular flexibility index (Phi) is 6.95. The lowest BCUT2D eigenvalue weighted by Crippen LogP contribution is -2.23. The maximum atomic E-state index is 11.9. The third-order valence-corrected chi connectivity index (χ3v) is 6.24. The summed E-state index contributed by atoms with van der Waals surface area (Å²) in [6, 6.07) is 12.0. The number of ether oxygens (including phenoxy) is 2. The van der Waals surface area contributed by atoms with Gasteiger partial charge in [-0.15, -0.1) is 0 Å². The lowest BCUT2D eigenvalue weighted by molar-refractivity contribution is -0.120. The predicted molar refractivity (Wildman–Crippen MR) is 130 cm³/mol. The second-order valence-electron chi connectivity index (χ2n) is 8.53. The molecule has 2 atom stereocenters. The normalized spacial score (nSPS) is 17.4. The van der Waals surface area contributed by atoms with Crippen molar-refractivity contribution in [2.75, 3.05) is 21.3 Å². The Morgan fingerprint density at radius 2 is 1.79 bits per heavy atom. The number of nitrogens with zero attached hydrogens (tertiary/aromatic N) is 3. The van der Waals surface area contributed by atoms with Gasteiger partial charge in [-0.1, -0.05) is 24.2 Å². The molecule has 0 fully saturated rings. The van der Waals surface area contributed by atoms with Crippen LogP contribution < -0.4 is 14.8 Å². The van der Waals surface area contributed by atoms with E-state index in [1.807, 2.05) is 36.4 Å². The number of methoxy groups -OCH3 is 2. The van der Waals surface area contributed by atoms with E-state index in [0.29, 0.717) is 36.1 Å². The molecule has 0 saturated heterocycles. The molecule has 1 aliphatic rings. The largest absolute Gasteiger partial charge is 0.493 e. The van der Waals surface area contributed by atoms with Crippen LogP contribution in [0.25, 0.3) is 11.5 Å². The molecule has 2 unspecified atom stereocenters. The number of hydrogen-bond acceptors (Lipinski definition) is 7. The van der Waals surface area contributed by atoms with E-state index in [0.717, 1.165) is 34.4 Å². The second kappa shape index (κ2) is 10.1. The first-order valence-corrected chi connectivity index (χ1v) is 11.4.